The molecule has 0 saturated heterocycles. The third-order valence-electron chi connectivity index (χ3n) is 1.61. The van der Waals surface area contributed by atoms with Crippen LogP contribution in [0.4, 0.5) is 0 Å². The van der Waals surface area contributed by atoms with Gasteiger partial charge >= 0.3 is 9.28 Å². The van der Waals surface area contributed by atoms with Crippen molar-refractivity contribution in [2.75, 3.05) is 14.2 Å². The van der Waals surface area contributed by atoms with Gasteiger partial charge in [-0.05, 0) is 12.5 Å². The summed E-state index contributed by atoms with van der Waals surface area (Å²) < 4.78 is 10.4. The predicted octanol–water partition coefficient (Wildman–Crippen LogP) is 1.60. The maximum Gasteiger partial charge on any atom is 0.321 e. The fraction of sp³-hybridized carbons (Fsp3) is 1.00. The minimum absolute atomic E-state index is 0.455. The van der Waals surface area contributed by atoms with Gasteiger partial charge in [-0.25, -0.2) is 0 Å². The highest BCUT2D eigenvalue weighted by molar-refractivity contribution is 7.81. The van der Waals surface area contributed by atoms with Gasteiger partial charge in [0, 0.05) is 19.5 Å². The SMILES string of the molecule is CCCC(S)C[SiH](OC)OC. The summed E-state index contributed by atoms with van der Waals surface area (Å²) in [6, 6.07) is 1.00. The molecule has 0 aromatic rings. The van der Waals surface area contributed by atoms with Crippen LogP contribution in [0.3, 0.4) is 0 Å². The Labute approximate surface area is 76.5 Å². The number of hydrogen-bond acceptors (Lipinski definition) is 3. The Hall–Kier alpha value is 0.487. The van der Waals surface area contributed by atoms with E-state index < -0.39 is 9.28 Å². The summed E-state index contributed by atoms with van der Waals surface area (Å²) in [4.78, 5) is 0. The van der Waals surface area contributed by atoms with Crippen LogP contribution < -0.4 is 0 Å². The summed E-state index contributed by atoms with van der Waals surface area (Å²) >= 11 is 4.43. The van der Waals surface area contributed by atoms with Gasteiger partial charge in [0.15, 0.2) is 0 Å². The van der Waals surface area contributed by atoms with Crippen molar-refractivity contribution < 1.29 is 8.85 Å². The van der Waals surface area contributed by atoms with Crippen molar-refractivity contribution in [2.24, 2.45) is 0 Å². The molecule has 1 atom stereocenters. The molecule has 0 aliphatic heterocycles. The first-order valence-electron chi connectivity index (χ1n) is 3.98. The zero-order chi connectivity index (χ0) is 8.69. The Balaban J connectivity index is 3.44. The average molecular weight is 194 g/mol. The molecular weight excluding hydrogens is 176 g/mol. The third-order valence-corrected chi connectivity index (χ3v) is 4.48. The van der Waals surface area contributed by atoms with Crippen LogP contribution >= 0.6 is 12.6 Å². The molecule has 2 nitrogen and oxygen atoms in total. The highest BCUT2D eigenvalue weighted by Gasteiger charge is 2.14. The van der Waals surface area contributed by atoms with Gasteiger partial charge in [-0.1, -0.05) is 13.3 Å². The van der Waals surface area contributed by atoms with Gasteiger partial charge in [-0.3, -0.25) is 0 Å². The van der Waals surface area contributed by atoms with Crippen LogP contribution in [0.25, 0.3) is 0 Å². The molecule has 0 N–H and O–H groups in total. The molecule has 11 heavy (non-hydrogen) atoms. The Bertz CT molecular complexity index is 88.5. The van der Waals surface area contributed by atoms with Crippen LogP contribution in [0.2, 0.25) is 6.04 Å². The van der Waals surface area contributed by atoms with Crippen molar-refractivity contribution in [3.63, 3.8) is 0 Å². The Morgan fingerprint density at radius 1 is 1.36 bits per heavy atom. The summed E-state index contributed by atoms with van der Waals surface area (Å²) in [5, 5.41) is 0.455. The molecule has 0 aliphatic carbocycles. The second-order valence-electron chi connectivity index (χ2n) is 2.58. The van der Waals surface area contributed by atoms with E-state index in [2.05, 4.69) is 19.6 Å². The van der Waals surface area contributed by atoms with Gasteiger partial charge < -0.3 is 8.85 Å². The minimum Gasteiger partial charge on any atom is -0.400 e. The molecule has 0 rings (SSSR count). The van der Waals surface area contributed by atoms with E-state index in [0.717, 1.165) is 12.5 Å². The van der Waals surface area contributed by atoms with Crippen LogP contribution in [0.1, 0.15) is 19.8 Å². The van der Waals surface area contributed by atoms with Crippen molar-refractivity contribution in [1.29, 1.82) is 0 Å². The van der Waals surface area contributed by atoms with Gasteiger partial charge in [-0.15, -0.1) is 0 Å². The molecule has 0 spiro atoms. The Morgan fingerprint density at radius 2 is 1.91 bits per heavy atom. The fourth-order valence-electron chi connectivity index (χ4n) is 0.962. The van der Waals surface area contributed by atoms with E-state index in [9.17, 15) is 0 Å². The lowest BCUT2D eigenvalue weighted by Crippen LogP contribution is -2.22. The Morgan fingerprint density at radius 3 is 2.27 bits per heavy atom. The molecule has 0 fully saturated rings. The van der Waals surface area contributed by atoms with E-state index in [1.165, 1.54) is 6.42 Å². The van der Waals surface area contributed by atoms with Gasteiger partial charge in [-0.2, -0.15) is 12.6 Å². The highest BCUT2D eigenvalue weighted by Crippen LogP contribution is 2.12. The molecule has 0 saturated carbocycles. The van der Waals surface area contributed by atoms with E-state index in [0.29, 0.717) is 5.25 Å². The number of thiol groups is 1. The first-order chi connectivity index (χ1) is 5.24. The zero-order valence-electron chi connectivity index (χ0n) is 7.54. The molecule has 0 aromatic carbocycles. The molecule has 4 heteroatoms. The first-order valence-corrected chi connectivity index (χ1v) is 6.25. The summed E-state index contributed by atoms with van der Waals surface area (Å²) in [5.74, 6) is 0. The molecule has 1 unspecified atom stereocenters. The van der Waals surface area contributed by atoms with Gasteiger partial charge in [0.25, 0.3) is 0 Å². The van der Waals surface area contributed by atoms with Crippen molar-refractivity contribution in [3.05, 3.63) is 0 Å². The van der Waals surface area contributed by atoms with Crippen molar-refractivity contribution in [1.82, 2.24) is 0 Å². The summed E-state index contributed by atoms with van der Waals surface area (Å²) in [5.41, 5.74) is 0. The minimum atomic E-state index is -1.36. The molecule has 0 aliphatic rings. The summed E-state index contributed by atoms with van der Waals surface area (Å²) in [6.07, 6.45) is 2.34. The average Bonchev–Trinajstić information content (AvgIpc) is 2.01. The zero-order valence-corrected chi connectivity index (χ0v) is 9.59. The van der Waals surface area contributed by atoms with Gasteiger partial charge in [0.2, 0.25) is 0 Å². The van der Waals surface area contributed by atoms with E-state index in [-0.39, 0.29) is 0 Å². The van der Waals surface area contributed by atoms with Crippen LogP contribution in [0.15, 0.2) is 0 Å². The third kappa shape index (κ3) is 5.72. The van der Waals surface area contributed by atoms with E-state index >= 15 is 0 Å². The lowest BCUT2D eigenvalue weighted by Gasteiger charge is -2.14. The van der Waals surface area contributed by atoms with Crippen molar-refractivity contribution in [2.45, 2.75) is 31.1 Å². The standard InChI is InChI=1S/C7H18O2SSi/c1-4-5-7(10)6-11(8-2)9-3/h7,10-11H,4-6H2,1-3H3. The molecule has 0 heterocycles. The highest BCUT2D eigenvalue weighted by atomic mass is 32.1. The van der Waals surface area contributed by atoms with Gasteiger partial charge in [0.05, 0.1) is 0 Å². The van der Waals surface area contributed by atoms with E-state index in [1.54, 1.807) is 14.2 Å². The molecule has 0 amide bonds. The summed E-state index contributed by atoms with van der Waals surface area (Å²) in [6.45, 7) is 2.17. The lowest BCUT2D eigenvalue weighted by molar-refractivity contribution is 0.277. The molecule has 0 radical (unpaired) electrons. The fourth-order valence-corrected chi connectivity index (χ4v) is 2.99. The van der Waals surface area contributed by atoms with Crippen molar-refractivity contribution >= 4 is 21.9 Å². The largest absolute Gasteiger partial charge is 0.400 e. The first kappa shape index (κ1) is 11.5. The maximum atomic E-state index is 5.18. The van der Waals surface area contributed by atoms with E-state index in [1.807, 2.05) is 0 Å². The second kappa shape index (κ2) is 7.15. The Kier molecular flexibility index (Phi) is 7.47. The van der Waals surface area contributed by atoms with Crippen molar-refractivity contribution in [3.8, 4) is 0 Å². The van der Waals surface area contributed by atoms with E-state index in [4.69, 9.17) is 8.85 Å². The lowest BCUT2D eigenvalue weighted by atomic mass is 10.3. The molecule has 68 valence electrons. The van der Waals surface area contributed by atoms with Crippen LogP contribution in [0.5, 0.6) is 0 Å². The normalized spacial score (nSPS) is 13.9. The van der Waals surface area contributed by atoms with Crippen LogP contribution in [0, 0.1) is 0 Å². The number of rotatable bonds is 6. The topological polar surface area (TPSA) is 18.5 Å². The smallest absolute Gasteiger partial charge is 0.321 e. The molecule has 0 bridgehead atoms. The monoisotopic (exact) mass is 194 g/mol. The van der Waals surface area contributed by atoms with Crippen LogP contribution in [-0.4, -0.2) is 28.8 Å². The quantitative estimate of drug-likeness (QED) is 0.511. The second-order valence-corrected chi connectivity index (χ2v) is 5.58. The van der Waals surface area contributed by atoms with Gasteiger partial charge in [0.1, 0.15) is 0 Å². The summed E-state index contributed by atoms with van der Waals surface area (Å²) in [7, 11) is 2.07. The molecule has 0 aromatic heterocycles. The van der Waals surface area contributed by atoms with Crippen LogP contribution in [-0.2, 0) is 8.85 Å². The molecular formula is C7H18O2SSi. The predicted molar refractivity (Wildman–Crippen MR) is 53.7 cm³/mol. The maximum absolute atomic E-state index is 5.18. The number of hydrogen-bond donors (Lipinski definition) is 1.